The van der Waals surface area contributed by atoms with Crippen molar-refractivity contribution >= 4 is 10.0 Å². The van der Waals surface area contributed by atoms with Gasteiger partial charge in [-0.2, -0.15) is 0 Å². The summed E-state index contributed by atoms with van der Waals surface area (Å²) in [4.78, 5) is 2.27. The van der Waals surface area contributed by atoms with E-state index in [2.05, 4.69) is 9.62 Å². The smallest absolute Gasteiger partial charge is 0.214 e. The van der Waals surface area contributed by atoms with Crippen LogP contribution in [0.5, 0.6) is 0 Å². The molecule has 0 aliphatic carbocycles. The highest BCUT2D eigenvalue weighted by Crippen LogP contribution is 2.10. The first kappa shape index (κ1) is 15.8. The fourth-order valence-corrected chi connectivity index (χ4v) is 3.28. The minimum atomic E-state index is -3.20. The standard InChI is InChI=1S/C11H25N3O3S/c1-2-17-9-10-18(15,16)13-11-3-6-14(7-4-11)8-5-12/h11,13H,2-10,12H2,1H3. The van der Waals surface area contributed by atoms with Crippen LogP contribution in [0.2, 0.25) is 0 Å². The van der Waals surface area contributed by atoms with E-state index in [1.807, 2.05) is 6.92 Å². The quantitative estimate of drug-likeness (QED) is 0.578. The molecule has 0 bridgehead atoms. The van der Waals surface area contributed by atoms with Crippen molar-refractivity contribution < 1.29 is 13.2 Å². The topological polar surface area (TPSA) is 84.7 Å². The lowest BCUT2D eigenvalue weighted by molar-refractivity contribution is 0.163. The largest absolute Gasteiger partial charge is 0.381 e. The molecule has 18 heavy (non-hydrogen) atoms. The summed E-state index contributed by atoms with van der Waals surface area (Å²) < 4.78 is 31.3. The number of nitrogens with zero attached hydrogens (tertiary/aromatic N) is 1. The minimum absolute atomic E-state index is 0.0455. The Bertz CT molecular complexity index is 313. The maximum absolute atomic E-state index is 11.8. The van der Waals surface area contributed by atoms with E-state index in [4.69, 9.17) is 10.5 Å². The molecule has 0 radical (unpaired) electrons. The Morgan fingerprint density at radius 1 is 1.39 bits per heavy atom. The van der Waals surface area contributed by atoms with Crippen molar-refractivity contribution in [3.8, 4) is 0 Å². The highest BCUT2D eigenvalue weighted by Gasteiger charge is 2.22. The number of hydrogen-bond acceptors (Lipinski definition) is 5. The van der Waals surface area contributed by atoms with Crippen LogP contribution in [0, 0.1) is 0 Å². The summed E-state index contributed by atoms with van der Waals surface area (Å²) in [5, 5.41) is 0. The van der Waals surface area contributed by atoms with Gasteiger partial charge >= 0.3 is 0 Å². The van der Waals surface area contributed by atoms with Crippen molar-refractivity contribution in [2.75, 3.05) is 45.1 Å². The number of rotatable bonds is 8. The normalized spacial score (nSPS) is 19.2. The molecule has 0 atom stereocenters. The third-order valence-electron chi connectivity index (χ3n) is 3.08. The van der Waals surface area contributed by atoms with Crippen LogP contribution in [-0.2, 0) is 14.8 Å². The molecular weight excluding hydrogens is 254 g/mol. The lowest BCUT2D eigenvalue weighted by Gasteiger charge is -2.31. The van der Waals surface area contributed by atoms with Crippen LogP contribution in [0.3, 0.4) is 0 Å². The van der Waals surface area contributed by atoms with E-state index in [1.54, 1.807) is 0 Å². The van der Waals surface area contributed by atoms with Gasteiger partial charge in [-0.25, -0.2) is 13.1 Å². The zero-order valence-corrected chi connectivity index (χ0v) is 11.9. The maximum atomic E-state index is 11.8. The Balaban J connectivity index is 2.27. The van der Waals surface area contributed by atoms with Crippen molar-refractivity contribution in [3.63, 3.8) is 0 Å². The predicted octanol–water partition coefficient (Wildman–Crippen LogP) is -0.635. The van der Waals surface area contributed by atoms with Crippen molar-refractivity contribution in [2.45, 2.75) is 25.8 Å². The summed E-state index contributed by atoms with van der Waals surface area (Å²) in [6.07, 6.45) is 1.71. The first-order valence-corrected chi connectivity index (χ1v) is 8.22. The van der Waals surface area contributed by atoms with Crippen molar-refractivity contribution in [3.05, 3.63) is 0 Å². The summed E-state index contributed by atoms with van der Waals surface area (Å²) >= 11 is 0. The van der Waals surface area contributed by atoms with Gasteiger partial charge in [0.25, 0.3) is 0 Å². The second-order valence-corrected chi connectivity index (χ2v) is 6.41. The molecule has 0 spiro atoms. The Morgan fingerprint density at radius 2 is 2.06 bits per heavy atom. The molecule has 0 aromatic heterocycles. The molecule has 1 aliphatic rings. The lowest BCUT2D eigenvalue weighted by Crippen LogP contribution is -2.46. The SMILES string of the molecule is CCOCCS(=O)(=O)NC1CCN(CCN)CC1. The van der Waals surface area contributed by atoms with Crippen LogP contribution >= 0.6 is 0 Å². The van der Waals surface area contributed by atoms with Gasteiger partial charge in [0.05, 0.1) is 12.4 Å². The summed E-state index contributed by atoms with van der Waals surface area (Å²) in [7, 11) is -3.20. The van der Waals surface area contributed by atoms with Gasteiger partial charge in [0.1, 0.15) is 0 Å². The molecule has 1 heterocycles. The summed E-state index contributed by atoms with van der Waals surface area (Å²) in [6.45, 7) is 6.04. The molecule has 6 nitrogen and oxygen atoms in total. The van der Waals surface area contributed by atoms with Crippen LogP contribution in [0.25, 0.3) is 0 Å². The predicted molar refractivity (Wildman–Crippen MR) is 71.9 cm³/mol. The van der Waals surface area contributed by atoms with E-state index < -0.39 is 10.0 Å². The summed E-state index contributed by atoms with van der Waals surface area (Å²) in [5.41, 5.74) is 5.50. The van der Waals surface area contributed by atoms with Gasteiger partial charge in [-0.3, -0.25) is 0 Å². The molecule has 7 heteroatoms. The molecule has 1 aliphatic heterocycles. The van der Waals surface area contributed by atoms with E-state index in [9.17, 15) is 8.42 Å². The van der Waals surface area contributed by atoms with Gasteiger partial charge in [0, 0.05) is 25.7 Å². The summed E-state index contributed by atoms with van der Waals surface area (Å²) in [6, 6.07) is 0.0608. The Hall–Kier alpha value is -0.210. The molecule has 108 valence electrons. The molecular formula is C11H25N3O3S. The van der Waals surface area contributed by atoms with E-state index in [1.165, 1.54) is 0 Å². The third kappa shape index (κ3) is 6.10. The Morgan fingerprint density at radius 3 is 2.61 bits per heavy atom. The van der Waals surface area contributed by atoms with E-state index in [-0.39, 0.29) is 18.4 Å². The molecule has 1 fully saturated rings. The van der Waals surface area contributed by atoms with Gasteiger partial charge in [-0.15, -0.1) is 0 Å². The van der Waals surface area contributed by atoms with Gasteiger partial charge in [-0.05, 0) is 32.9 Å². The zero-order valence-electron chi connectivity index (χ0n) is 11.1. The number of sulfonamides is 1. The molecule has 0 amide bonds. The Kier molecular flexibility index (Phi) is 7.10. The van der Waals surface area contributed by atoms with Gasteiger partial charge < -0.3 is 15.4 Å². The van der Waals surface area contributed by atoms with Crippen molar-refractivity contribution in [1.29, 1.82) is 0 Å². The molecule has 1 saturated heterocycles. The van der Waals surface area contributed by atoms with Gasteiger partial charge in [0.2, 0.25) is 10.0 Å². The molecule has 0 unspecified atom stereocenters. The van der Waals surface area contributed by atoms with Crippen molar-refractivity contribution in [1.82, 2.24) is 9.62 Å². The van der Waals surface area contributed by atoms with Gasteiger partial charge in [0.15, 0.2) is 0 Å². The second kappa shape index (κ2) is 8.06. The maximum Gasteiger partial charge on any atom is 0.214 e. The molecule has 0 saturated carbocycles. The number of ether oxygens (including phenoxy) is 1. The number of piperidine rings is 1. The second-order valence-electron chi connectivity index (χ2n) is 4.54. The molecule has 1 rings (SSSR count). The first-order valence-electron chi connectivity index (χ1n) is 6.57. The molecule has 0 aromatic rings. The van der Waals surface area contributed by atoms with Crippen molar-refractivity contribution in [2.24, 2.45) is 5.73 Å². The van der Waals surface area contributed by atoms with Crippen LogP contribution in [0.1, 0.15) is 19.8 Å². The lowest BCUT2D eigenvalue weighted by atomic mass is 10.1. The number of likely N-dealkylation sites (tertiary alicyclic amines) is 1. The van der Waals surface area contributed by atoms with Crippen LogP contribution in [0.4, 0.5) is 0 Å². The van der Waals surface area contributed by atoms with E-state index in [0.29, 0.717) is 13.2 Å². The molecule has 3 N–H and O–H groups in total. The number of nitrogens with one attached hydrogen (secondary N) is 1. The molecule has 0 aromatic carbocycles. The third-order valence-corrected chi connectivity index (χ3v) is 4.48. The Labute approximate surface area is 110 Å². The van der Waals surface area contributed by atoms with Gasteiger partial charge in [-0.1, -0.05) is 0 Å². The first-order chi connectivity index (χ1) is 8.57. The summed E-state index contributed by atoms with van der Waals surface area (Å²) in [5.74, 6) is 0.0455. The highest BCUT2D eigenvalue weighted by molar-refractivity contribution is 7.89. The number of nitrogens with two attached hydrogens (primary N) is 1. The van der Waals surface area contributed by atoms with Crippen LogP contribution in [0.15, 0.2) is 0 Å². The monoisotopic (exact) mass is 279 g/mol. The zero-order chi connectivity index (χ0) is 13.4. The average Bonchev–Trinajstić information content (AvgIpc) is 2.32. The fourth-order valence-electron chi connectivity index (χ4n) is 2.08. The number of hydrogen-bond donors (Lipinski definition) is 2. The average molecular weight is 279 g/mol. The van der Waals surface area contributed by atoms with Crippen LogP contribution in [-0.4, -0.2) is 64.5 Å². The van der Waals surface area contributed by atoms with Crippen LogP contribution < -0.4 is 10.5 Å². The van der Waals surface area contributed by atoms with E-state index >= 15 is 0 Å². The highest BCUT2D eigenvalue weighted by atomic mass is 32.2. The fraction of sp³-hybridized carbons (Fsp3) is 1.00. The minimum Gasteiger partial charge on any atom is -0.381 e. The van der Waals surface area contributed by atoms with E-state index in [0.717, 1.165) is 32.5 Å².